The molecule has 7 fully saturated rings. The number of amides is 2. The SMILES string of the molecule is CC=O.CCC1O[C@@H](CO[C@@H]2C(OC(C)=O)[C@H](CO[C@@H]3C(CO)O[C@@H](CO[C@H]4C(NC(C)=O)[C@@H](OC)OC(CO)[C@@H]4OC[C@@H]4OC(C)[C@H](O)[C@H](O)C4OCC[C@H]4OC(CO)[C@@H](O)[C@@H](O)C4NC(C)=O)C(O)[C@@H]3O)OC(C)[C@@H]2O)C(OC[C@@H]2OC(CO)[C@H](O)[C@@H](O)C2O)[C@H](O)[C@H]1O. The van der Waals surface area contributed by atoms with Gasteiger partial charge in [-0.1, -0.05) is 6.92 Å². The third-order valence-corrected chi connectivity index (χ3v) is 18.1. The van der Waals surface area contributed by atoms with Crippen LogP contribution in [-0.2, 0) is 90.2 Å². The number of hydrogen-bond acceptors (Lipinski definition) is 35. The number of nitrogens with one attached hydrogen (secondary N) is 2. The van der Waals surface area contributed by atoms with Gasteiger partial charge in [-0.15, -0.1) is 0 Å². The minimum atomic E-state index is -1.88. The maximum Gasteiger partial charge on any atom is 0.303 e. The van der Waals surface area contributed by atoms with Crippen molar-refractivity contribution in [3.63, 3.8) is 0 Å². The monoisotopic (exact) mass is 1400 g/mol. The Kier molecular flexibility index (Phi) is 32.6. The first-order chi connectivity index (χ1) is 45.6. The first-order valence-electron chi connectivity index (χ1n) is 32.1. The van der Waals surface area contributed by atoms with Crippen molar-refractivity contribution in [2.75, 3.05) is 73.2 Å². The van der Waals surface area contributed by atoms with Crippen LogP contribution in [0.3, 0.4) is 0 Å². The van der Waals surface area contributed by atoms with E-state index in [1.165, 1.54) is 41.7 Å². The summed E-state index contributed by atoms with van der Waals surface area (Å²) in [6.07, 6.45) is -46.3. The van der Waals surface area contributed by atoms with Gasteiger partial charge in [0.2, 0.25) is 11.8 Å². The number of esters is 1. The Morgan fingerprint density at radius 3 is 1.29 bits per heavy atom. The number of carbonyl (C=O) groups excluding carboxylic acids is 4. The largest absolute Gasteiger partial charge is 0.457 e. The van der Waals surface area contributed by atoms with Gasteiger partial charge in [-0.25, -0.2) is 0 Å². The minimum absolute atomic E-state index is 0.0928. The molecular weight excluding hydrogens is 1300 g/mol. The minimum Gasteiger partial charge on any atom is -0.457 e. The zero-order valence-electron chi connectivity index (χ0n) is 54.7. The third kappa shape index (κ3) is 19.9. The highest BCUT2D eigenvalue weighted by atomic mass is 16.7. The lowest BCUT2D eigenvalue weighted by Crippen LogP contribution is -2.67. The van der Waals surface area contributed by atoms with Crippen LogP contribution in [0, 0.1) is 0 Å². The second-order valence-electron chi connectivity index (χ2n) is 24.8. The van der Waals surface area contributed by atoms with E-state index in [0.717, 1.165) is 13.2 Å². The molecule has 0 aliphatic carbocycles. The van der Waals surface area contributed by atoms with Gasteiger partial charge in [0.1, 0.15) is 177 Å². The van der Waals surface area contributed by atoms with Crippen LogP contribution in [0.2, 0.25) is 0 Å². The summed E-state index contributed by atoms with van der Waals surface area (Å²) in [7, 11) is 1.25. The molecule has 0 aromatic carbocycles. The van der Waals surface area contributed by atoms with Gasteiger partial charge in [0, 0.05) is 34.5 Å². The molecule has 558 valence electrons. The van der Waals surface area contributed by atoms with Gasteiger partial charge in [-0.2, -0.15) is 0 Å². The summed E-state index contributed by atoms with van der Waals surface area (Å²) < 4.78 is 90.2. The number of aliphatic hydroxyl groups excluding tert-OH is 16. The maximum atomic E-state index is 12.8. The highest BCUT2D eigenvalue weighted by Crippen LogP contribution is 2.35. The van der Waals surface area contributed by atoms with Crippen molar-refractivity contribution in [1.82, 2.24) is 10.6 Å². The van der Waals surface area contributed by atoms with Gasteiger partial charge in [0.25, 0.3) is 0 Å². The van der Waals surface area contributed by atoms with E-state index in [-0.39, 0.29) is 19.4 Å². The smallest absolute Gasteiger partial charge is 0.303 e. The molecule has 0 radical (unpaired) electrons. The lowest BCUT2D eigenvalue weighted by atomic mass is 9.91. The summed E-state index contributed by atoms with van der Waals surface area (Å²) in [5.74, 6) is -2.03. The summed E-state index contributed by atoms with van der Waals surface area (Å²) in [5.41, 5.74) is 0. The van der Waals surface area contributed by atoms with Crippen LogP contribution in [0.25, 0.3) is 0 Å². The highest BCUT2D eigenvalue weighted by Gasteiger charge is 2.55. The van der Waals surface area contributed by atoms with Crippen molar-refractivity contribution >= 4 is 24.1 Å². The predicted octanol–water partition coefficient (Wildman–Crippen LogP) is -10.4. The molecule has 7 heterocycles. The molecule has 18 N–H and O–H groups in total. The van der Waals surface area contributed by atoms with Crippen molar-refractivity contribution in [1.29, 1.82) is 0 Å². The molecule has 35 atom stereocenters. The molecule has 0 aromatic heterocycles. The van der Waals surface area contributed by atoms with Crippen molar-refractivity contribution < 1.29 is 172 Å². The predicted molar refractivity (Wildman–Crippen MR) is 315 cm³/mol. The van der Waals surface area contributed by atoms with Crippen LogP contribution >= 0.6 is 0 Å². The number of hydrogen-bond donors (Lipinski definition) is 18. The van der Waals surface area contributed by atoms with Crippen molar-refractivity contribution in [3.05, 3.63) is 0 Å². The normalized spacial score (nSPS) is 45.2. The lowest BCUT2D eigenvalue weighted by molar-refractivity contribution is -0.302. The van der Waals surface area contributed by atoms with Crippen LogP contribution in [0.4, 0.5) is 0 Å². The van der Waals surface area contributed by atoms with Crippen LogP contribution in [-0.4, -0.2) is 393 Å². The molecular formula is C59H102N2O35. The fraction of sp³-hybridized carbons (Fsp3) is 0.932. The Hall–Kier alpha value is -3.12. The lowest BCUT2D eigenvalue weighted by Gasteiger charge is -2.48. The summed E-state index contributed by atoms with van der Waals surface area (Å²) in [4.78, 5) is 46.4. The topological polar surface area (TPSA) is 554 Å². The molecule has 0 bridgehead atoms. The molecule has 0 spiro atoms. The van der Waals surface area contributed by atoms with Crippen LogP contribution in [0.5, 0.6) is 0 Å². The fourth-order valence-corrected chi connectivity index (χ4v) is 13.0. The highest BCUT2D eigenvalue weighted by molar-refractivity contribution is 5.73. The van der Waals surface area contributed by atoms with Crippen molar-refractivity contribution in [3.8, 4) is 0 Å². The number of rotatable bonds is 28. The Balaban J connectivity index is 0.00000476. The molecule has 37 heteroatoms. The van der Waals surface area contributed by atoms with Gasteiger partial charge in [-0.05, 0) is 33.6 Å². The first kappa shape index (κ1) is 81.8. The van der Waals surface area contributed by atoms with E-state index in [2.05, 4.69) is 10.6 Å². The van der Waals surface area contributed by atoms with Gasteiger partial charge in [0.05, 0.1) is 89.9 Å². The molecule has 0 aromatic rings. The van der Waals surface area contributed by atoms with E-state index in [1.54, 1.807) is 6.92 Å². The van der Waals surface area contributed by atoms with Crippen molar-refractivity contribution in [2.45, 2.75) is 275 Å². The average molecular weight is 1400 g/mol. The molecule has 0 saturated carbocycles. The molecule has 7 saturated heterocycles. The van der Waals surface area contributed by atoms with E-state index in [9.17, 15) is 96.1 Å². The average Bonchev–Trinajstić information content (AvgIpc) is 0.791. The second kappa shape index (κ2) is 38.2. The number of aldehydes is 1. The molecule has 37 nitrogen and oxygen atoms in total. The third-order valence-electron chi connectivity index (χ3n) is 18.1. The number of ether oxygens (including phenoxy) is 15. The molecule has 7 aliphatic rings. The van der Waals surface area contributed by atoms with E-state index >= 15 is 0 Å². The Bertz CT molecular complexity index is 2340. The molecule has 7 rings (SSSR count). The number of carbonyl (C=O) groups is 4. The van der Waals surface area contributed by atoms with E-state index in [4.69, 9.17) is 75.8 Å². The maximum absolute atomic E-state index is 12.8. The van der Waals surface area contributed by atoms with E-state index in [1.807, 2.05) is 0 Å². The summed E-state index contributed by atoms with van der Waals surface area (Å²) in [6, 6.07) is -2.39. The van der Waals surface area contributed by atoms with Gasteiger partial charge >= 0.3 is 5.97 Å². The number of aliphatic hydroxyl groups is 16. The van der Waals surface area contributed by atoms with E-state index < -0.39 is 291 Å². The second-order valence-corrected chi connectivity index (χ2v) is 24.8. The standard InChI is InChI=1S/C57H98N2O34.C2H4O/c1-8-25-40(69)48(77)52(81-15-31-43(72)46(75)42(71)28(12-61)91-31)34(89-25)18-85-56-39(68)21(3)87-35(54(56)88-24(6)66)19-82-50-29(13-62)92-32(44(73)49(50)78)16-84-55-37(59-23(5)65)57(79-7)93-30(14-63)53(55)83-17-33-51(47(76)38(67)20(2)86-33)80-10-9-26-36(58-22(4)64)45(74)41(70)27(11-60)90-26;1-2-3/h20-21,25-57,60-63,67-78H,8-19H2,1-7H3,(H,58,64)(H,59,65);2H,1H3/t20?,21?,25?,26-,27?,28?,29?,30?,31+,32+,33+,34+,35+,36?,37?,38+,39+,40+,41-,42+,43?,44?,45+,46-,47+,48-,49+,50-,51?,52?,53+,54?,55+,56+,57+;/m1./s1. The molecule has 14 unspecified atom stereocenters. The summed E-state index contributed by atoms with van der Waals surface area (Å²) in [6.45, 7) is 3.43. The van der Waals surface area contributed by atoms with Gasteiger partial charge < -0.3 is 168 Å². The summed E-state index contributed by atoms with van der Waals surface area (Å²) >= 11 is 0. The Morgan fingerprint density at radius 1 is 0.396 bits per heavy atom. The zero-order chi connectivity index (χ0) is 71.2. The molecule has 96 heavy (non-hydrogen) atoms. The van der Waals surface area contributed by atoms with Gasteiger partial charge in [0.15, 0.2) is 12.4 Å². The van der Waals surface area contributed by atoms with E-state index in [0.29, 0.717) is 0 Å². The van der Waals surface area contributed by atoms with Gasteiger partial charge in [-0.3, -0.25) is 14.4 Å². The fourth-order valence-electron chi connectivity index (χ4n) is 13.0. The Labute approximate surface area is 553 Å². The van der Waals surface area contributed by atoms with Crippen LogP contribution < -0.4 is 10.6 Å². The molecule has 7 aliphatic heterocycles. The Morgan fingerprint density at radius 2 is 0.771 bits per heavy atom. The van der Waals surface area contributed by atoms with Crippen LogP contribution in [0.15, 0.2) is 0 Å². The number of methoxy groups -OCH3 is 1. The van der Waals surface area contributed by atoms with Crippen LogP contribution in [0.1, 0.15) is 61.3 Å². The zero-order valence-corrected chi connectivity index (χ0v) is 54.7. The molecule has 2 amide bonds. The quantitative estimate of drug-likeness (QED) is 0.0255. The first-order valence-corrected chi connectivity index (χ1v) is 32.1. The summed E-state index contributed by atoms with van der Waals surface area (Å²) in [5, 5.41) is 179. The van der Waals surface area contributed by atoms with Crippen molar-refractivity contribution in [2.24, 2.45) is 0 Å².